The van der Waals surface area contributed by atoms with Crippen LogP contribution < -0.4 is 5.32 Å². The molecule has 2 nitrogen and oxygen atoms in total. The number of hydrogen-bond donors (Lipinski definition) is 1. The third kappa shape index (κ3) is 2.48. The van der Waals surface area contributed by atoms with E-state index < -0.39 is 0 Å². The summed E-state index contributed by atoms with van der Waals surface area (Å²) in [6.45, 7) is 5.27. The normalized spacial score (nSPS) is 18.8. The van der Waals surface area contributed by atoms with E-state index in [1.165, 1.54) is 35.1 Å². The van der Waals surface area contributed by atoms with Gasteiger partial charge in [-0.05, 0) is 48.6 Å². The summed E-state index contributed by atoms with van der Waals surface area (Å²) in [5, 5.41) is 3.67. The average Bonchev–Trinajstić information content (AvgIpc) is 2.88. The molecule has 2 heteroatoms. The first-order chi connectivity index (χ1) is 9.79. The molecule has 0 fully saturated rings. The van der Waals surface area contributed by atoms with Crippen LogP contribution in [0.4, 0.5) is 0 Å². The van der Waals surface area contributed by atoms with Gasteiger partial charge in [0.1, 0.15) is 0 Å². The van der Waals surface area contributed by atoms with Gasteiger partial charge in [0.05, 0.1) is 0 Å². The Bertz CT molecular complexity index is 591. The number of aryl methyl sites for hydroxylation is 2. The molecule has 1 aromatic heterocycles. The Kier molecular flexibility index (Phi) is 3.83. The number of nitrogens with one attached hydrogen (secondary N) is 1. The van der Waals surface area contributed by atoms with Crippen LogP contribution >= 0.6 is 0 Å². The van der Waals surface area contributed by atoms with Gasteiger partial charge in [-0.2, -0.15) is 0 Å². The molecule has 1 heterocycles. The summed E-state index contributed by atoms with van der Waals surface area (Å²) >= 11 is 0. The summed E-state index contributed by atoms with van der Waals surface area (Å²) in [6, 6.07) is 11.5. The van der Waals surface area contributed by atoms with Gasteiger partial charge in [0.2, 0.25) is 0 Å². The zero-order valence-electron chi connectivity index (χ0n) is 12.3. The van der Waals surface area contributed by atoms with Crippen LogP contribution in [0.25, 0.3) is 0 Å². The van der Waals surface area contributed by atoms with Crippen LogP contribution in [-0.4, -0.2) is 11.5 Å². The number of nitrogens with zero attached hydrogens (tertiary/aromatic N) is 1. The van der Waals surface area contributed by atoms with Gasteiger partial charge < -0.3 is 5.32 Å². The molecule has 104 valence electrons. The van der Waals surface area contributed by atoms with E-state index >= 15 is 0 Å². The fraction of sp³-hybridized carbons (Fsp3) is 0.389. The molecule has 3 rings (SSSR count). The highest BCUT2D eigenvalue weighted by molar-refractivity contribution is 5.38. The van der Waals surface area contributed by atoms with E-state index in [4.69, 9.17) is 0 Å². The molecule has 0 radical (unpaired) electrons. The molecule has 0 bridgehead atoms. The molecule has 1 N–H and O–H groups in total. The van der Waals surface area contributed by atoms with Crippen molar-refractivity contribution in [2.24, 2.45) is 0 Å². The first-order valence-electron chi connectivity index (χ1n) is 7.52. The molecule has 1 aromatic carbocycles. The van der Waals surface area contributed by atoms with Crippen LogP contribution in [0, 0.1) is 6.92 Å². The van der Waals surface area contributed by atoms with Crippen LogP contribution in [0.5, 0.6) is 0 Å². The summed E-state index contributed by atoms with van der Waals surface area (Å²) < 4.78 is 0. The van der Waals surface area contributed by atoms with Crippen molar-refractivity contribution in [3.8, 4) is 0 Å². The second kappa shape index (κ2) is 5.76. The standard InChI is InChI=1S/C18H22N2/c1-3-20-18(15-10-13(2)11-19-12-15)17-9-8-14-6-4-5-7-16(14)17/h4-7,10-12,17-18,20H,3,8-9H2,1-2H3. The van der Waals surface area contributed by atoms with E-state index in [1.54, 1.807) is 0 Å². The molecule has 2 aromatic rings. The Balaban J connectivity index is 1.96. The van der Waals surface area contributed by atoms with E-state index in [1.807, 2.05) is 12.4 Å². The minimum Gasteiger partial charge on any atom is -0.310 e. The van der Waals surface area contributed by atoms with Gasteiger partial charge in [-0.1, -0.05) is 37.3 Å². The molecule has 0 saturated heterocycles. The maximum atomic E-state index is 4.37. The van der Waals surface area contributed by atoms with E-state index in [-0.39, 0.29) is 0 Å². The quantitative estimate of drug-likeness (QED) is 0.911. The minimum atomic E-state index is 0.371. The van der Waals surface area contributed by atoms with Crippen LogP contribution in [0.3, 0.4) is 0 Å². The van der Waals surface area contributed by atoms with Gasteiger partial charge in [0, 0.05) is 24.4 Å². The maximum Gasteiger partial charge on any atom is 0.0405 e. The van der Waals surface area contributed by atoms with E-state index in [9.17, 15) is 0 Å². The zero-order valence-corrected chi connectivity index (χ0v) is 12.3. The second-order valence-corrected chi connectivity index (χ2v) is 5.67. The largest absolute Gasteiger partial charge is 0.310 e. The Labute approximate surface area is 121 Å². The first-order valence-corrected chi connectivity index (χ1v) is 7.52. The third-order valence-electron chi connectivity index (χ3n) is 4.26. The molecule has 0 amide bonds. The molecule has 1 aliphatic carbocycles. The fourth-order valence-corrected chi connectivity index (χ4v) is 3.40. The summed E-state index contributed by atoms with van der Waals surface area (Å²) in [6.07, 6.45) is 6.36. The number of benzene rings is 1. The zero-order chi connectivity index (χ0) is 13.9. The van der Waals surface area contributed by atoms with Gasteiger partial charge in [0.15, 0.2) is 0 Å². The topological polar surface area (TPSA) is 24.9 Å². The Morgan fingerprint density at radius 2 is 2.15 bits per heavy atom. The third-order valence-corrected chi connectivity index (χ3v) is 4.26. The monoisotopic (exact) mass is 266 g/mol. The summed E-state index contributed by atoms with van der Waals surface area (Å²) in [7, 11) is 0. The number of aromatic nitrogens is 1. The highest BCUT2D eigenvalue weighted by Crippen LogP contribution is 2.41. The van der Waals surface area contributed by atoms with Crippen molar-refractivity contribution in [1.29, 1.82) is 0 Å². The lowest BCUT2D eigenvalue weighted by Gasteiger charge is -2.26. The Morgan fingerprint density at radius 1 is 1.30 bits per heavy atom. The fourth-order valence-electron chi connectivity index (χ4n) is 3.40. The Morgan fingerprint density at radius 3 is 2.95 bits per heavy atom. The van der Waals surface area contributed by atoms with Crippen LogP contribution in [0.1, 0.15) is 47.6 Å². The van der Waals surface area contributed by atoms with Crippen molar-refractivity contribution in [2.45, 2.75) is 38.6 Å². The van der Waals surface area contributed by atoms with Crippen molar-refractivity contribution < 1.29 is 0 Å². The van der Waals surface area contributed by atoms with Crippen molar-refractivity contribution >= 4 is 0 Å². The van der Waals surface area contributed by atoms with E-state index in [0.29, 0.717) is 12.0 Å². The summed E-state index contributed by atoms with van der Waals surface area (Å²) in [5.41, 5.74) is 5.58. The van der Waals surface area contributed by atoms with E-state index in [0.717, 1.165) is 6.54 Å². The van der Waals surface area contributed by atoms with E-state index in [2.05, 4.69) is 54.5 Å². The lowest BCUT2D eigenvalue weighted by atomic mass is 9.88. The Hall–Kier alpha value is -1.67. The average molecular weight is 266 g/mol. The number of fused-ring (bicyclic) bond motifs is 1. The number of likely N-dealkylation sites (N-methyl/N-ethyl adjacent to an activating group) is 1. The van der Waals surface area contributed by atoms with Crippen molar-refractivity contribution in [2.75, 3.05) is 6.54 Å². The highest BCUT2D eigenvalue weighted by atomic mass is 14.9. The van der Waals surface area contributed by atoms with Crippen LogP contribution in [0.15, 0.2) is 42.7 Å². The molecule has 0 saturated carbocycles. The summed E-state index contributed by atoms with van der Waals surface area (Å²) in [4.78, 5) is 4.37. The predicted octanol–water partition coefficient (Wildman–Crippen LogP) is 3.77. The molecule has 2 unspecified atom stereocenters. The first kappa shape index (κ1) is 13.3. The van der Waals surface area contributed by atoms with Crippen molar-refractivity contribution in [3.05, 3.63) is 65.0 Å². The highest BCUT2D eigenvalue weighted by Gasteiger charge is 2.30. The molecule has 1 aliphatic rings. The number of rotatable bonds is 4. The van der Waals surface area contributed by atoms with Gasteiger partial charge in [-0.15, -0.1) is 0 Å². The molecule has 0 aliphatic heterocycles. The molecule has 0 spiro atoms. The smallest absolute Gasteiger partial charge is 0.0405 e. The lowest BCUT2D eigenvalue weighted by Crippen LogP contribution is -2.26. The predicted molar refractivity (Wildman–Crippen MR) is 82.9 cm³/mol. The minimum absolute atomic E-state index is 0.371. The lowest BCUT2D eigenvalue weighted by molar-refractivity contribution is 0.452. The van der Waals surface area contributed by atoms with Gasteiger partial charge in [0.25, 0.3) is 0 Å². The summed E-state index contributed by atoms with van der Waals surface area (Å²) in [5.74, 6) is 0.565. The van der Waals surface area contributed by atoms with Crippen LogP contribution in [-0.2, 0) is 6.42 Å². The molecule has 2 atom stereocenters. The number of hydrogen-bond acceptors (Lipinski definition) is 2. The molecule has 20 heavy (non-hydrogen) atoms. The van der Waals surface area contributed by atoms with Crippen LogP contribution in [0.2, 0.25) is 0 Å². The molecular weight excluding hydrogens is 244 g/mol. The van der Waals surface area contributed by atoms with Gasteiger partial charge >= 0.3 is 0 Å². The number of pyridine rings is 1. The van der Waals surface area contributed by atoms with Crippen molar-refractivity contribution in [1.82, 2.24) is 10.3 Å². The van der Waals surface area contributed by atoms with Crippen molar-refractivity contribution in [3.63, 3.8) is 0 Å². The molecular formula is C18H22N2. The SMILES string of the molecule is CCNC(c1cncc(C)c1)C1CCc2ccccc21. The van der Waals surface area contributed by atoms with Gasteiger partial charge in [-0.25, -0.2) is 0 Å². The second-order valence-electron chi connectivity index (χ2n) is 5.67. The van der Waals surface area contributed by atoms with Gasteiger partial charge in [-0.3, -0.25) is 4.98 Å². The maximum absolute atomic E-state index is 4.37.